The van der Waals surface area contributed by atoms with Gasteiger partial charge in [0, 0.05) is 55.7 Å². The van der Waals surface area contributed by atoms with Crippen molar-refractivity contribution in [2.45, 2.75) is 37.8 Å². The van der Waals surface area contributed by atoms with Crippen LogP contribution in [0.4, 0.5) is 11.5 Å². The van der Waals surface area contributed by atoms with E-state index in [-0.39, 0.29) is 11.9 Å². The van der Waals surface area contributed by atoms with Gasteiger partial charge in [-0.1, -0.05) is 24.3 Å². The highest BCUT2D eigenvalue weighted by atomic mass is 32.2. The number of nitrogens with one attached hydrogen (secondary N) is 1. The van der Waals surface area contributed by atoms with Crippen molar-refractivity contribution in [2.24, 2.45) is 7.05 Å². The molecule has 2 aliphatic rings. The Morgan fingerprint density at radius 3 is 2.11 bits per heavy atom. The zero-order chi connectivity index (χ0) is 39.4. The summed E-state index contributed by atoms with van der Waals surface area (Å²) in [6.07, 6.45) is 7.32. The summed E-state index contributed by atoms with van der Waals surface area (Å²) in [4.78, 5) is 27.3. The molecule has 1 aliphatic carbocycles. The van der Waals surface area contributed by atoms with Crippen molar-refractivity contribution in [3.8, 4) is 17.0 Å². The molecule has 0 bridgehead atoms. The normalized spacial score (nSPS) is 18.4. The molecule has 19 heteroatoms. The summed E-state index contributed by atoms with van der Waals surface area (Å²) in [6, 6.07) is 16.4. The smallest absolute Gasteiger partial charge is 0.272 e. The van der Waals surface area contributed by atoms with E-state index in [0.29, 0.717) is 47.2 Å². The number of nitrogens with zero attached hydrogens (tertiary/aromatic N) is 7. The standard InChI is InChI=1S/C33H39N9O2.2CH4O3S/c1-39-14-16-41(17-15-39)23-9-11-24(12-10-23)42-32-29(31(34)35-20-36-32)30(38-42)22-8-13-25(28(19-22)44-3)37-33(43)27-18-21-6-4-5-7-26(21)40(27)2;2*1-5(2,3)4/h4-8,13,18-20,23-24H,9-12,14-17H2,1-3H3,(H,37,43)(H2,34,35,36);2*1H3,(H,2,3,4). The second kappa shape index (κ2) is 16.8. The third kappa shape index (κ3) is 10.3. The number of likely N-dealkylation sites (N-methyl/N-ethyl adjacent to an activating group) is 1. The number of para-hydroxylation sites is 1. The fourth-order valence-corrected chi connectivity index (χ4v) is 6.94. The largest absolute Gasteiger partial charge is 0.495 e. The predicted octanol–water partition coefficient (Wildman–Crippen LogP) is 3.57. The quantitative estimate of drug-likeness (QED) is 0.181. The number of hydrogen-bond donors (Lipinski definition) is 4. The number of carbonyl (C=O) groups is 1. The van der Waals surface area contributed by atoms with Crippen molar-refractivity contribution in [3.63, 3.8) is 0 Å². The number of fused-ring (bicyclic) bond motifs is 2. The maximum atomic E-state index is 13.3. The van der Waals surface area contributed by atoms with Gasteiger partial charge in [-0.05, 0) is 57.0 Å². The fourth-order valence-electron chi connectivity index (χ4n) is 6.94. The highest BCUT2D eigenvalue weighted by molar-refractivity contribution is 7.85. The van der Waals surface area contributed by atoms with Crippen LogP contribution in [-0.2, 0) is 27.3 Å². The molecule has 1 aliphatic heterocycles. The summed E-state index contributed by atoms with van der Waals surface area (Å²) in [7, 11) is -1.64. The number of benzene rings is 2. The van der Waals surface area contributed by atoms with Crippen molar-refractivity contribution in [1.82, 2.24) is 34.1 Å². The Bertz CT molecular complexity index is 2280. The van der Waals surface area contributed by atoms with Gasteiger partial charge in [-0.15, -0.1) is 0 Å². The van der Waals surface area contributed by atoms with Crippen LogP contribution in [0.1, 0.15) is 42.2 Å². The molecule has 3 aromatic heterocycles. The Kier molecular flexibility index (Phi) is 12.6. The van der Waals surface area contributed by atoms with Crippen LogP contribution in [0, 0.1) is 0 Å². The topological polar surface area (TPSA) is 228 Å². The third-order valence-electron chi connectivity index (χ3n) is 9.49. The lowest BCUT2D eigenvalue weighted by Crippen LogP contribution is -2.49. The summed E-state index contributed by atoms with van der Waals surface area (Å²) >= 11 is 0. The number of nitrogens with two attached hydrogens (primary N) is 1. The molecular weight excluding hydrogens is 739 g/mol. The van der Waals surface area contributed by atoms with Gasteiger partial charge in [0.05, 0.1) is 36.7 Å². The molecule has 7 rings (SSSR count). The molecule has 54 heavy (non-hydrogen) atoms. The second-order valence-corrected chi connectivity index (χ2v) is 16.5. The van der Waals surface area contributed by atoms with Crippen LogP contribution in [0.2, 0.25) is 0 Å². The van der Waals surface area contributed by atoms with Gasteiger partial charge in [-0.2, -0.15) is 21.9 Å². The van der Waals surface area contributed by atoms with E-state index >= 15 is 0 Å². The van der Waals surface area contributed by atoms with Gasteiger partial charge in [0.1, 0.15) is 29.3 Å². The number of aryl methyl sites for hydroxylation is 1. The second-order valence-electron chi connectivity index (χ2n) is 13.5. The number of ether oxygens (including phenoxy) is 1. The Balaban J connectivity index is 0.000000499. The minimum atomic E-state index is -3.67. The van der Waals surface area contributed by atoms with Gasteiger partial charge in [-0.3, -0.25) is 18.8 Å². The summed E-state index contributed by atoms with van der Waals surface area (Å²) < 4.78 is 61.4. The number of amides is 1. The van der Waals surface area contributed by atoms with Crippen molar-refractivity contribution >= 4 is 59.6 Å². The van der Waals surface area contributed by atoms with E-state index < -0.39 is 20.2 Å². The van der Waals surface area contributed by atoms with Gasteiger partial charge < -0.3 is 25.3 Å². The number of hydrogen-bond acceptors (Lipinski definition) is 12. The van der Waals surface area contributed by atoms with Crippen molar-refractivity contribution in [1.29, 1.82) is 0 Å². The van der Waals surface area contributed by atoms with Crippen molar-refractivity contribution in [3.05, 3.63) is 60.6 Å². The molecule has 1 saturated carbocycles. The van der Waals surface area contributed by atoms with Crippen LogP contribution in [0.5, 0.6) is 5.75 Å². The molecule has 292 valence electrons. The average Bonchev–Trinajstić information content (AvgIpc) is 3.67. The molecule has 1 amide bonds. The van der Waals surface area contributed by atoms with Crippen LogP contribution in [0.15, 0.2) is 54.9 Å². The Morgan fingerprint density at radius 2 is 1.50 bits per heavy atom. The number of piperazine rings is 1. The first kappa shape index (κ1) is 40.5. The van der Waals surface area contributed by atoms with Crippen LogP contribution in [-0.4, -0.2) is 125 Å². The summed E-state index contributed by atoms with van der Waals surface area (Å²) in [6.45, 7) is 4.56. The van der Waals surface area contributed by atoms with Crippen molar-refractivity contribution in [2.75, 3.05) is 63.9 Å². The molecule has 0 atom stereocenters. The number of nitrogen functional groups attached to an aromatic ring is 1. The fraction of sp³-hybridized carbons (Fsp3) is 0.429. The molecule has 5 aromatic rings. The zero-order valence-electron chi connectivity index (χ0n) is 30.9. The lowest BCUT2D eigenvalue weighted by Gasteiger charge is -2.41. The first-order valence-corrected chi connectivity index (χ1v) is 20.9. The molecule has 5 N–H and O–H groups in total. The Hall–Kier alpha value is -4.66. The van der Waals surface area contributed by atoms with Gasteiger partial charge in [0.2, 0.25) is 0 Å². The number of rotatable bonds is 6. The highest BCUT2D eigenvalue weighted by Gasteiger charge is 2.31. The van der Waals surface area contributed by atoms with Crippen LogP contribution in [0.3, 0.4) is 0 Å². The maximum Gasteiger partial charge on any atom is 0.272 e. The number of anilines is 2. The van der Waals surface area contributed by atoms with Crippen LogP contribution in [0.25, 0.3) is 33.2 Å². The van der Waals surface area contributed by atoms with E-state index in [4.69, 9.17) is 24.7 Å². The number of carbonyl (C=O) groups excluding carboxylic acids is 1. The van der Waals surface area contributed by atoms with E-state index in [1.807, 2.05) is 60.1 Å². The number of methoxy groups -OCH3 is 1. The lowest BCUT2D eigenvalue weighted by molar-refractivity contribution is 0.0815. The van der Waals surface area contributed by atoms with Gasteiger partial charge >= 0.3 is 0 Å². The minimum absolute atomic E-state index is 0.214. The van der Waals surface area contributed by atoms with Gasteiger partial charge in [-0.25, -0.2) is 14.6 Å². The molecule has 4 heterocycles. The van der Waals surface area contributed by atoms with E-state index in [9.17, 15) is 21.6 Å². The van der Waals surface area contributed by atoms with E-state index in [2.05, 4.69) is 36.8 Å². The molecule has 0 spiro atoms. The Morgan fingerprint density at radius 1 is 0.889 bits per heavy atom. The molecule has 2 aromatic carbocycles. The lowest BCUT2D eigenvalue weighted by atomic mass is 9.90. The first-order valence-electron chi connectivity index (χ1n) is 17.2. The summed E-state index contributed by atoms with van der Waals surface area (Å²) in [5.74, 6) is 0.712. The SMILES string of the molecule is COc1cc(-c2nn(C3CCC(N4CCN(C)CC4)CC3)c3ncnc(N)c23)ccc1NC(=O)c1cc2ccccc2n1C.CS(=O)(=O)O.CS(=O)(=O)O. The van der Waals surface area contributed by atoms with Gasteiger partial charge in [0.25, 0.3) is 26.1 Å². The molecule has 1 saturated heterocycles. The molecular formula is C35H47N9O8S2. The number of aromatic nitrogens is 5. The molecule has 0 radical (unpaired) electrons. The monoisotopic (exact) mass is 785 g/mol. The molecule has 2 fully saturated rings. The van der Waals surface area contributed by atoms with Crippen LogP contribution < -0.4 is 15.8 Å². The van der Waals surface area contributed by atoms with E-state index in [0.717, 1.165) is 79.4 Å². The molecule has 0 unspecified atom stereocenters. The van der Waals surface area contributed by atoms with E-state index in [1.165, 1.54) is 6.33 Å². The predicted molar refractivity (Wildman–Crippen MR) is 208 cm³/mol. The maximum absolute atomic E-state index is 13.3. The Labute approximate surface area is 314 Å². The highest BCUT2D eigenvalue weighted by Crippen LogP contribution is 2.39. The average molecular weight is 786 g/mol. The summed E-state index contributed by atoms with van der Waals surface area (Å²) in [5.41, 5.74) is 10.9. The summed E-state index contributed by atoms with van der Waals surface area (Å²) in [5, 5.41) is 9.89. The third-order valence-corrected chi connectivity index (χ3v) is 9.49. The van der Waals surface area contributed by atoms with E-state index in [1.54, 1.807) is 7.11 Å². The molecule has 17 nitrogen and oxygen atoms in total. The first-order chi connectivity index (χ1) is 25.4. The minimum Gasteiger partial charge on any atom is -0.495 e. The van der Waals surface area contributed by atoms with Crippen molar-refractivity contribution < 1.29 is 35.5 Å². The van der Waals surface area contributed by atoms with Crippen LogP contribution >= 0.6 is 0 Å². The zero-order valence-corrected chi connectivity index (χ0v) is 32.5. The van der Waals surface area contributed by atoms with Gasteiger partial charge in [0.15, 0.2) is 5.65 Å².